The van der Waals surface area contributed by atoms with Gasteiger partial charge in [-0.25, -0.2) is 0 Å². The van der Waals surface area contributed by atoms with Crippen LogP contribution in [0, 0.1) is 17.0 Å². The van der Waals surface area contributed by atoms with Gasteiger partial charge in [-0.05, 0) is 39.2 Å². The summed E-state index contributed by atoms with van der Waals surface area (Å²) in [4.78, 5) is 10.6. The van der Waals surface area contributed by atoms with E-state index < -0.39 is 0 Å². The maximum absolute atomic E-state index is 10.9. The molecule has 0 aliphatic carbocycles. The fourth-order valence-electron chi connectivity index (χ4n) is 2.63. The lowest BCUT2D eigenvalue weighted by Gasteiger charge is -2.36. The van der Waals surface area contributed by atoms with Crippen molar-refractivity contribution in [2.45, 2.75) is 51.8 Å². The van der Waals surface area contributed by atoms with Crippen molar-refractivity contribution in [3.8, 4) is 0 Å². The second-order valence-electron chi connectivity index (χ2n) is 6.06. The molecule has 1 aromatic carbocycles. The van der Waals surface area contributed by atoms with E-state index in [-0.39, 0.29) is 16.2 Å². The lowest BCUT2D eigenvalue weighted by molar-refractivity contribution is -0.385. The largest absolute Gasteiger partial charge is 0.375 e. The molecule has 5 heteroatoms. The van der Waals surface area contributed by atoms with E-state index in [9.17, 15) is 10.1 Å². The summed E-state index contributed by atoms with van der Waals surface area (Å²) in [5, 5.41) is 14.4. The molecule has 0 amide bonds. The molecule has 1 N–H and O–H groups in total. The standard InChI is InChI=1S/C15H22N2O3/c1-11-4-5-12(8-14(11)17(18)19)10-16-13-6-7-20-15(2,3)9-13/h4-5,8,13,16H,6-7,9-10H2,1-3H3. The van der Waals surface area contributed by atoms with Crippen LogP contribution in [-0.4, -0.2) is 23.2 Å². The molecule has 1 unspecified atom stereocenters. The molecule has 1 aliphatic heterocycles. The Morgan fingerprint density at radius 2 is 2.25 bits per heavy atom. The van der Waals surface area contributed by atoms with Gasteiger partial charge in [-0.1, -0.05) is 12.1 Å². The zero-order valence-electron chi connectivity index (χ0n) is 12.3. The number of nitrogens with one attached hydrogen (secondary N) is 1. The summed E-state index contributed by atoms with van der Waals surface area (Å²) >= 11 is 0. The van der Waals surface area contributed by atoms with Gasteiger partial charge in [0.15, 0.2) is 0 Å². The van der Waals surface area contributed by atoms with Crippen molar-refractivity contribution in [2.75, 3.05) is 6.61 Å². The number of aryl methyl sites for hydroxylation is 1. The number of nitro groups is 1. The van der Waals surface area contributed by atoms with Gasteiger partial charge in [0.1, 0.15) is 0 Å². The Morgan fingerprint density at radius 1 is 1.50 bits per heavy atom. The summed E-state index contributed by atoms with van der Waals surface area (Å²) in [5.41, 5.74) is 1.75. The molecule has 1 aliphatic rings. The van der Waals surface area contributed by atoms with Gasteiger partial charge in [-0.2, -0.15) is 0 Å². The molecule has 0 radical (unpaired) electrons. The van der Waals surface area contributed by atoms with Crippen LogP contribution in [0.2, 0.25) is 0 Å². The van der Waals surface area contributed by atoms with E-state index in [1.165, 1.54) is 0 Å². The fraction of sp³-hybridized carbons (Fsp3) is 0.600. The van der Waals surface area contributed by atoms with Crippen molar-refractivity contribution in [3.05, 3.63) is 39.4 Å². The van der Waals surface area contributed by atoms with Crippen LogP contribution in [0.3, 0.4) is 0 Å². The molecule has 1 saturated heterocycles. The zero-order valence-corrected chi connectivity index (χ0v) is 12.3. The number of rotatable bonds is 4. The molecular formula is C15H22N2O3. The molecule has 20 heavy (non-hydrogen) atoms. The quantitative estimate of drug-likeness (QED) is 0.679. The van der Waals surface area contributed by atoms with Crippen LogP contribution in [-0.2, 0) is 11.3 Å². The molecule has 1 aromatic rings. The van der Waals surface area contributed by atoms with Gasteiger partial charge in [-0.15, -0.1) is 0 Å². The summed E-state index contributed by atoms with van der Waals surface area (Å²) in [7, 11) is 0. The molecule has 1 atom stereocenters. The SMILES string of the molecule is Cc1ccc(CNC2CCOC(C)(C)C2)cc1[N+](=O)[O-]. The van der Waals surface area contributed by atoms with Crippen molar-refractivity contribution in [1.29, 1.82) is 0 Å². The average molecular weight is 278 g/mol. The summed E-state index contributed by atoms with van der Waals surface area (Å²) in [5.74, 6) is 0. The topological polar surface area (TPSA) is 64.4 Å². The molecule has 1 heterocycles. The molecule has 0 bridgehead atoms. The highest BCUT2D eigenvalue weighted by molar-refractivity contribution is 5.42. The van der Waals surface area contributed by atoms with Crippen LogP contribution in [0.25, 0.3) is 0 Å². The molecule has 0 aromatic heterocycles. The van der Waals surface area contributed by atoms with Gasteiger partial charge < -0.3 is 10.1 Å². The number of nitrogens with zero attached hydrogens (tertiary/aromatic N) is 1. The third-order valence-electron chi connectivity index (χ3n) is 3.76. The second-order valence-corrected chi connectivity index (χ2v) is 6.06. The van der Waals surface area contributed by atoms with Crippen molar-refractivity contribution in [2.24, 2.45) is 0 Å². The average Bonchev–Trinajstić information content (AvgIpc) is 2.36. The van der Waals surface area contributed by atoms with E-state index in [4.69, 9.17) is 4.74 Å². The number of nitro benzene ring substituents is 1. The maximum atomic E-state index is 10.9. The minimum atomic E-state index is -0.323. The summed E-state index contributed by atoms with van der Waals surface area (Å²) in [6.07, 6.45) is 1.94. The van der Waals surface area contributed by atoms with Crippen LogP contribution in [0.1, 0.15) is 37.8 Å². The Balaban J connectivity index is 1.97. The molecule has 1 fully saturated rings. The highest BCUT2D eigenvalue weighted by atomic mass is 16.6. The first-order chi connectivity index (χ1) is 9.37. The molecule has 0 spiro atoms. The Bertz CT molecular complexity index is 500. The smallest absolute Gasteiger partial charge is 0.272 e. The number of hydrogen-bond acceptors (Lipinski definition) is 4. The summed E-state index contributed by atoms with van der Waals surface area (Å²) < 4.78 is 5.68. The molecule has 0 saturated carbocycles. The van der Waals surface area contributed by atoms with Gasteiger partial charge in [-0.3, -0.25) is 10.1 Å². The van der Waals surface area contributed by atoms with E-state index in [2.05, 4.69) is 19.2 Å². The third kappa shape index (κ3) is 3.77. The fourth-order valence-corrected chi connectivity index (χ4v) is 2.63. The van der Waals surface area contributed by atoms with E-state index in [1.54, 1.807) is 13.0 Å². The second kappa shape index (κ2) is 5.89. The molecular weight excluding hydrogens is 256 g/mol. The van der Waals surface area contributed by atoms with Gasteiger partial charge in [0, 0.05) is 30.8 Å². The summed E-state index contributed by atoms with van der Waals surface area (Å²) in [6.45, 7) is 7.37. The molecule has 5 nitrogen and oxygen atoms in total. The number of benzene rings is 1. The lowest BCUT2D eigenvalue weighted by Crippen LogP contribution is -2.43. The third-order valence-corrected chi connectivity index (χ3v) is 3.76. The first kappa shape index (κ1) is 14.9. The Kier molecular flexibility index (Phi) is 4.40. The monoisotopic (exact) mass is 278 g/mol. The van der Waals surface area contributed by atoms with Gasteiger partial charge in [0.05, 0.1) is 10.5 Å². The first-order valence-corrected chi connectivity index (χ1v) is 6.99. The highest BCUT2D eigenvalue weighted by Gasteiger charge is 2.28. The molecule has 110 valence electrons. The van der Waals surface area contributed by atoms with E-state index in [0.717, 1.165) is 25.0 Å². The van der Waals surface area contributed by atoms with E-state index in [1.807, 2.05) is 12.1 Å². The minimum absolute atomic E-state index is 0.0881. The van der Waals surface area contributed by atoms with E-state index in [0.29, 0.717) is 18.2 Å². The predicted molar refractivity (Wildman–Crippen MR) is 77.7 cm³/mol. The highest BCUT2D eigenvalue weighted by Crippen LogP contribution is 2.24. The zero-order chi connectivity index (χ0) is 14.8. The minimum Gasteiger partial charge on any atom is -0.375 e. The Morgan fingerprint density at radius 3 is 2.90 bits per heavy atom. The van der Waals surface area contributed by atoms with Crippen molar-refractivity contribution in [1.82, 2.24) is 5.32 Å². The maximum Gasteiger partial charge on any atom is 0.272 e. The van der Waals surface area contributed by atoms with Crippen LogP contribution < -0.4 is 5.32 Å². The van der Waals surface area contributed by atoms with Crippen molar-refractivity contribution in [3.63, 3.8) is 0 Å². The number of hydrogen-bond donors (Lipinski definition) is 1. The number of ether oxygens (including phenoxy) is 1. The normalized spacial score (nSPS) is 21.6. The Hall–Kier alpha value is -1.46. The van der Waals surface area contributed by atoms with Crippen molar-refractivity contribution >= 4 is 5.69 Å². The predicted octanol–water partition coefficient (Wildman–Crippen LogP) is 2.95. The van der Waals surface area contributed by atoms with Crippen molar-refractivity contribution < 1.29 is 9.66 Å². The van der Waals surface area contributed by atoms with Crippen LogP contribution in [0.5, 0.6) is 0 Å². The lowest BCUT2D eigenvalue weighted by atomic mass is 9.94. The van der Waals surface area contributed by atoms with E-state index >= 15 is 0 Å². The van der Waals surface area contributed by atoms with Gasteiger partial charge in [0.25, 0.3) is 5.69 Å². The van der Waals surface area contributed by atoms with Gasteiger partial charge >= 0.3 is 0 Å². The molecule has 2 rings (SSSR count). The van der Waals surface area contributed by atoms with Crippen LogP contribution >= 0.6 is 0 Å². The Labute approximate surface area is 119 Å². The van der Waals surface area contributed by atoms with Crippen LogP contribution in [0.15, 0.2) is 18.2 Å². The van der Waals surface area contributed by atoms with Gasteiger partial charge in [0.2, 0.25) is 0 Å². The summed E-state index contributed by atoms with van der Waals surface area (Å²) in [6, 6.07) is 5.81. The van der Waals surface area contributed by atoms with Crippen LogP contribution in [0.4, 0.5) is 5.69 Å². The first-order valence-electron chi connectivity index (χ1n) is 6.99.